The second kappa shape index (κ2) is 7.70. The van der Waals surface area contributed by atoms with E-state index in [1.54, 1.807) is 10.6 Å². The first-order valence-electron chi connectivity index (χ1n) is 9.27. The minimum absolute atomic E-state index is 0.00529. The number of carbonyl (C=O) groups excluding carboxylic acids is 1. The zero-order chi connectivity index (χ0) is 20.4. The molecule has 0 atom stereocenters. The molecule has 1 aliphatic heterocycles. The fraction of sp³-hybridized carbons (Fsp3) is 0.250. The standard InChI is InChI=1S/C20H20N6O3/c1-15-3-2-4-16(11-15)20(27)24-9-7-23(8-10-24)18-6-5-17(26(28)29)12-19(18)25-13-21-22-14-25/h2-6,11-14H,7-10H2,1H3. The lowest BCUT2D eigenvalue weighted by molar-refractivity contribution is -0.384. The van der Waals surface area contributed by atoms with Crippen LogP contribution in [0, 0.1) is 17.0 Å². The zero-order valence-corrected chi connectivity index (χ0v) is 15.9. The molecule has 0 saturated carbocycles. The average Bonchev–Trinajstić information content (AvgIpc) is 3.28. The lowest BCUT2D eigenvalue weighted by atomic mass is 10.1. The first-order valence-corrected chi connectivity index (χ1v) is 9.27. The van der Waals surface area contributed by atoms with Gasteiger partial charge in [-0.3, -0.25) is 19.5 Å². The Morgan fingerprint density at radius 3 is 2.38 bits per heavy atom. The summed E-state index contributed by atoms with van der Waals surface area (Å²) in [5, 5.41) is 18.8. The molecule has 9 heteroatoms. The Morgan fingerprint density at radius 1 is 1.00 bits per heavy atom. The second-order valence-corrected chi connectivity index (χ2v) is 6.95. The van der Waals surface area contributed by atoms with Gasteiger partial charge in [0, 0.05) is 43.9 Å². The molecule has 3 aromatic rings. The third-order valence-corrected chi connectivity index (χ3v) is 5.04. The summed E-state index contributed by atoms with van der Waals surface area (Å²) >= 11 is 0. The van der Waals surface area contributed by atoms with E-state index in [0.29, 0.717) is 37.4 Å². The molecule has 1 amide bonds. The maximum atomic E-state index is 12.8. The van der Waals surface area contributed by atoms with Crippen LogP contribution in [-0.2, 0) is 0 Å². The van der Waals surface area contributed by atoms with Gasteiger partial charge >= 0.3 is 0 Å². The molecule has 0 N–H and O–H groups in total. The van der Waals surface area contributed by atoms with Crippen LogP contribution in [0.2, 0.25) is 0 Å². The minimum Gasteiger partial charge on any atom is -0.366 e. The van der Waals surface area contributed by atoms with Gasteiger partial charge in [-0.05, 0) is 25.1 Å². The summed E-state index contributed by atoms with van der Waals surface area (Å²) < 4.78 is 1.66. The molecular weight excluding hydrogens is 372 g/mol. The van der Waals surface area contributed by atoms with Gasteiger partial charge in [0.2, 0.25) is 0 Å². The van der Waals surface area contributed by atoms with Gasteiger partial charge < -0.3 is 9.80 Å². The minimum atomic E-state index is -0.421. The molecule has 2 aromatic carbocycles. The number of piperazine rings is 1. The molecule has 0 radical (unpaired) electrons. The summed E-state index contributed by atoms with van der Waals surface area (Å²) in [6, 6.07) is 12.3. The summed E-state index contributed by atoms with van der Waals surface area (Å²) in [5.41, 5.74) is 3.24. The van der Waals surface area contributed by atoms with E-state index in [0.717, 1.165) is 11.3 Å². The van der Waals surface area contributed by atoms with Crippen molar-refractivity contribution in [2.24, 2.45) is 0 Å². The van der Waals surface area contributed by atoms with Gasteiger partial charge in [0.25, 0.3) is 11.6 Å². The molecule has 29 heavy (non-hydrogen) atoms. The highest BCUT2D eigenvalue weighted by atomic mass is 16.6. The van der Waals surface area contributed by atoms with Crippen molar-refractivity contribution < 1.29 is 9.72 Å². The summed E-state index contributed by atoms with van der Waals surface area (Å²) in [4.78, 5) is 27.5. The van der Waals surface area contributed by atoms with E-state index >= 15 is 0 Å². The van der Waals surface area contributed by atoms with Crippen molar-refractivity contribution in [3.8, 4) is 5.69 Å². The van der Waals surface area contributed by atoms with E-state index in [-0.39, 0.29) is 11.6 Å². The first kappa shape index (κ1) is 18.6. The molecule has 0 aliphatic carbocycles. The van der Waals surface area contributed by atoms with E-state index in [1.165, 1.54) is 24.8 Å². The molecular formula is C20H20N6O3. The normalized spacial score (nSPS) is 14.1. The van der Waals surface area contributed by atoms with Crippen LogP contribution in [0.1, 0.15) is 15.9 Å². The van der Waals surface area contributed by atoms with E-state index in [9.17, 15) is 14.9 Å². The third kappa shape index (κ3) is 3.79. The molecule has 148 valence electrons. The number of amides is 1. The van der Waals surface area contributed by atoms with Crippen LogP contribution < -0.4 is 4.90 Å². The van der Waals surface area contributed by atoms with Crippen LogP contribution in [-0.4, -0.2) is 56.7 Å². The van der Waals surface area contributed by atoms with E-state index in [4.69, 9.17) is 0 Å². The van der Waals surface area contributed by atoms with Gasteiger partial charge in [0.1, 0.15) is 12.7 Å². The Labute approximate surface area is 167 Å². The molecule has 0 bridgehead atoms. The van der Waals surface area contributed by atoms with Crippen LogP contribution in [0.5, 0.6) is 0 Å². The van der Waals surface area contributed by atoms with Gasteiger partial charge in [-0.25, -0.2) is 0 Å². The van der Waals surface area contributed by atoms with Crippen LogP contribution in [0.15, 0.2) is 55.1 Å². The molecule has 1 saturated heterocycles. The van der Waals surface area contributed by atoms with Crippen LogP contribution in [0.25, 0.3) is 5.69 Å². The molecule has 2 heterocycles. The monoisotopic (exact) mass is 392 g/mol. The predicted molar refractivity (Wildman–Crippen MR) is 107 cm³/mol. The highest BCUT2D eigenvalue weighted by molar-refractivity contribution is 5.94. The number of nitrogens with zero attached hydrogens (tertiary/aromatic N) is 6. The largest absolute Gasteiger partial charge is 0.366 e. The summed E-state index contributed by atoms with van der Waals surface area (Å²) in [7, 11) is 0. The topological polar surface area (TPSA) is 97.4 Å². The summed E-state index contributed by atoms with van der Waals surface area (Å²) in [6.45, 7) is 4.38. The van der Waals surface area contributed by atoms with Gasteiger partial charge in [-0.1, -0.05) is 17.7 Å². The van der Waals surface area contributed by atoms with E-state index in [1.807, 2.05) is 36.1 Å². The highest BCUT2D eigenvalue weighted by Crippen LogP contribution is 2.29. The molecule has 1 aliphatic rings. The first-order chi connectivity index (χ1) is 14.0. The summed E-state index contributed by atoms with van der Waals surface area (Å²) in [5.74, 6) is 0.0242. The summed E-state index contributed by atoms with van der Waals surface area (Å²) in [6.07, 6.45) is 3.03. The Balaban J connectivity index is 1.54. The smallest absolute Gasteiger partial charge is 0.271 e. The van der Waals surface area contributed by atoms with Crippen LogP contribution >= 0.6 is 0 Å². The Bertz CT molecular complexity index is 1040. The Kier molecular flexibility index (Phi) is 4.94. The van der Waals surface area contributed by atoms with Gasteiger partial charge in [-0.2, -0.15) is 0 Å². The number of aromatic nitrogens is 3. The fourth-order valence-corrected chi connectivity index (χ4v) is 3.54. The third-order valence-electron chi connectivity index (χ3n) is 5.04. The highest BCUT2D eigenvalue weighted by Gasteiger charge is 2.25. The van der Waals surface area contributed by atoms with Crippen molar-refractivity contribution in [2.45, 2.75) is 6.92 Å². The number of hydrogen-bond acceptors (Lipinski definition) is 6. The van der Waals surface area contributed by atoms with Crippen molar-refractivity contribution in [2.75, 3.05) is 31.1 Å². The maximum Gasteiger partial charge on any atom is 0.271 e. The number of benzene rings is 2. The van der Waals surface area contributed by atoms with Crippen LogP contribution in [0.3, 0.4) is 0 Å². The fourth-order valence-electron chi connectivity index (χ4n) is 3.54. The predicted octanol–water partition coefficient (Wildman–Crippen LogP) is 2.45. The number of nitro benzene ring substituents is 1. The molecule has 9 nitrogen and oxygen atoms in total. The molecule has 4 rings (SSSR count). The SMILES string of the molecule is Cc1cccc(C(=O)N2CCN(c3ccc([N+](=O)[O-])cc3-n3cnnc3)CC2)c1. The van der Waals surface area contributed by atoms with Gasteiger partial charge in [0.15, 0.2) is 0 Å². The van der Waals surface area contributed by atoms with Gasteiger partial charge in [-0.15, -0.1) is 10.2 Å². The van der Waals surface area contributed by atoms with Crippen molar-refractivity contribution in [3.05, 3.63) is 76.4 Å². The number of anilines is 1. The molecule has 0 unspecified atom stereocenters. The van der Waals surface area contributed by atoms with Gasteiger partial charge in [0.05, 0.1) is 16.3 Å². The quantitative estimate of drug-likeness (QED) is 0.500. The van der Waals surface area contributed by atoms with Crippen molar-refractivity contribution >= 4 is 17.3 Å². The molecule has 1 aromatic heterocycles. The lowest BCUT2D eigenvalue weighted by Crippen LogP contribution is -2.49. The number of rotatable bonds is 4. The Morgan fingerprint density at radius 2 is 1.72 bits per heavy atom. The van der Waals surface area contributed by atoms with Crippen LogP contribution in [0.4, 0.5) is 11.4 Å². The number of non-ortho nitro benzene ring substituents is 1. The second-order valence-electron chi connectivity index (χ2n) is 6.95. The van der Waals surface area contributed by atoms with Crippen molar-refractivity contribution in [1.82, 2.24) is 19.7 Å². The number of hydrogen-bond donors (Lipinski definition) is 0. The van der Waals surface area contributed by atoms with E-state index in [2.05, 4.69) is 15.1 Å². The lowest BCUT2D eigenvalue weighted by Gasteiger charge is -2.37. The van der Waals surface area contributed by atoms with Crippen molar-refractivity contribution in [3.63, 3.8) is 0 Å². The maximum absolute atomic E-state index is 12.8. The number of nitro groups is 1. The average molecular weight is 392 g/mol. The van der Waals surface area contributed by atoms with Crippen molar-refractivity contribution in [1.29, 1.82) is 0 Å². The number of aryl methyl sites for hydroxylation is 1. The zero-order valence-electron chi connectivity index (χ0n) is 15.9. The van der Waals surface area contributed by atoms with E-state index < -0.39 is 4.92 Å². The molecule has 0 spiro atoms. The molecule has 1 fully saturated rings. The number of carbonyl (C=O) groups is 1. The Hall–Kier alpha value is -3.75.